The molecule has 1 spiro atoms. The van der Waals surface area contributed by atoms with Crippen molar-refractivity contribution in [3.05, 3.63) is 18.6 Å². The van der Waals surface area contributed by atoms with Crippen LogP contribution in [-0.4, -0.2) is 95.0 Å². The highest BCUT2D eigenvalue weighted by molar-refractivity contribution is 7.86. The highest BCUT2D eigenvalue weighted by Crippen LogP contribution is 2.47. The van der Waals surface area contributed by atoms with Gasteiger partial charge in [-0.05, 0) is 18.9 Å². The van der Waals surface area contributed by atoms with Gasteiger partial charge in [-0.3, -0.25) is 5.32 Å². The molecule has 10 nitrogen and oxygen atoms in total. The van der Waals surface area contributed by atoms with E-state index in [-0.39, 0.29) is 13.1 Å². The molecule has 2 N–H and O–H groups in total. The summed E-state index contributed by atoms with van der Waals surface area (Å²) in [5, 5.41) is 3.40. The Morgan fingerprint density at radius 1 is 1.28 bits per heavy atom. The topological polar surface area (TPSA) is 115 Å². The van der Waals surface area contributed by atoms with Gasteiger partial charge in [0.1, 0.15) is 24.1 Å². The highest BCUT2D eigenvalue weighted by atomic mass is 32.2. The summed E-state index contributed by atoms with van der Waals surface area (Å²) in [5.41, 5.74) is -1.44. The third-order valence-corrected chi connectivity index (χ3v) is 8.77. The summed E-state index contributed by atoms with van der Waals surface area (Å²) >= 11 is 0. The van der Waals surface area contributed by atoms with E-state index >= 15 is 0 Å². The molecule has 3 aliphatic rings. The van der Waals surface area contributed by atoms with E-state index in [1.165, 1.54) is 17.7 Å². The molecule has 2 aliphatic heterocycles. The Labute approximate surface area is 184 Å². The largest absolute Gasteiger partial charge is 0.353 e. The van der Waals surface area contributed by atoms with E-state index < -0.39 is 40.2 Å². The number of alkyl halides is 2. The first-order valence-corrected chi connectivity index (χ1v) is 11.9. The lowest BCUT2D eigenvalue weighted by Crippen LogP contribution is -2.61. The van der Waals surface area contributed by atoms with E-state index in [2.05, 4.69) is 25.2 Å². The van der Waals surface area contributed by atoms with Crippen LogP contribution in [0.4, 0.5) is 14.6 Å². The van der Waals surface area contributed by atoms with Gasteiger partial charge in [0.15, 0.2) is 0 Å². The summed E-state index contributed by atoms with van der Waals surface area (Å²) in [6.45, 7) is 0.156. The minimum atomic E-state index is -3.96. The Morgan fingerprint density at radius 2 is 2.06 bits per heavy atom. The second kappa shape index (κ2) is 7.14. The molecule has 32 heavy (non-hydrogen) atoms. The van der Waals surface area contributed by atoms with E-state index in [9.17, 15) is 22.0 Å². The number of hydrogen-bond acceptors (Lipinski definition) is 7. The fourth-order valence-corrected chi connectivity index (χ4v) is 6.71. The van der Waals surface area contributed by atoms with Crippen LogP contribution in [0, 0.1) is 0 Å². The Balaban J connectivity index is 1.35. The molecular weight excluding hydrogens is 444 g/mol. The molecule has 0 unspecified atom stereocenters. The van der Waals surface area contributed by atoms with Crippen molar-refractivity contribution in [1.29, 1.82) is 0 Å². The number of carbonyl (C=O) groups is 1. The molecule has 2 aromatic rings. The maximum atomic E-state index is 13.7. The van der Waals surface area contributed by atoms with Crippen LogP contribution in [0.3, 0.4) is 0 Å². The lowest BCUT2D eigenvalue weighted by atomic mass is 9.98. The van der Waals surface area contributed by atoms with Crippen LogP contribution in [-0.2, 0) is 15.0 Å². The Kier molecular flexibility index (Phi) is 4.82. The first-order chi connectivity index (χ1) is 15.1. The third-order valence-electron chi connectivity index (χ3n) is 6.72. The van der Waals surface area contributed by atoms with Gasteiger partial charge in [0, 0.05) is 45.8 Å². The Morgan fingerprint density at radius 3 is 2.72 bits per heavy atom. The first-order valence-electron chi connectivity index (χ1n) is 10.5. The van der Waals surface area contributed by atoms with Gasteiger partial charge in [-0.25, -0.2) is 18.7 Å². The standard InChI is InChI=1S/C19H25F2N7O3S/c1-26(10-17(12-29)8-19(20,21)9-25-17)32(30,31)28-7-6-27(11-18(28)3-4-18)16-14-2-5-22-15(14)23-13-24-16/h2,5,12-13,25H,3-4,6-11H2,1H3,(H,22,23,24)/t17-/m0/s1. The van der Waals surface area contributed by atoms with Crippen LogP contribution >= 0.6 is 0 Å². The molecule has 1 atom stereocenters. The molecule has 4 heterocycles. The average Bonchev–Trinajstić information content (AvgIpc) is 3.20. The highest BCUT2D eigenvalue weighted by Gasteiger charge is 2.58. The van der Waals surface area contributed by atoms with Gasteiger partial charge in [-0.15, -0.1) is 0 Å². The number of carbonyl (C=O) groups excluding carboxylic acids is 1. The number of halogens is 2. The number of hydrogen-bond donors (Lipinski definition) is 2. The van der Waals surface area contributed by atoms with Crippen LogP contribution in [0.25, 0.3) is 11.0 Å². The zero-order valence-corrected chi connectivity index (χ0v) is 18.4. The van der Waals surface area contributed by atoms with Crippen LogP contribution in [0.1, 0.15) is 19.3 Å². The lowest BCUT2D eigenvalue weighted by molar-refractivity contribution is -0.114. The second-order valence-electron chi connectivity index (χ2n) is 9.08. The van der Waals surface area contributed by atoms with Gasteiger partial charge in [0.05, 0.1) is 23.0 Å². The summed E-state index contributed by atoms with van der Waals surface area (Å²) in [4.78, 5) is 25.4. The van der Waals surface area contributed by atoms with Gasteiger partial charge < -0.3 is 14.7 Å². The van der Waals surface area contributed by atoms with Crippen LogP contribution in [0.5, 0.6) is 0 Å². The third kappa shape index (κ3) is 3.47. The summed E-state index contributed by atoms with van der Waals surface area (Å²) in [6, 6.07) is 1.89. The number of likely N-dealkylation sites (N-methyl/N-ethyl adjacent to an activating group) is 1. The van der Waals surface area contributed by atoms with Gasteiger partial charge in [0.2, 0.25) is 0 Å². The molecule has 174 valence electrons. The van der Waals surface area contributed by atoms with E-state index in [0.29, 0.717) is 32.2 Å². The Hall–Kier alpha value is -2.22. The van der Waals surface area contributed by atoms with Crippen molar-refractivity contribution < 1.29 is 22.0 Å². The summed E-state index contributed by atoms with van der Waals surface area (Å²) in [5.74, 6) is -2.29. The molecule has 1 saturated carbocycles. The monoisotopic (exact) mass is 469 g/mol. The van der Waals surface area contributed by atoms with E-state index in [1.807, 2.05) is 6.07 Å². The predicted molar refractivity (Wildman–Crippen MR) is 113 cm³/mol. The molecule has 0 aromatic carbocycles. The molecule has 2 saturated heterocycles. The maximum Gasteiger partial charge on any atom is 0.282 e. The van der Waals surface area contributed by atoms with Crippen molar-refractivity contribution >= 4 is 33.3 Å². The number of nitrogens with zero attached hydrogens (tertiary/aromatic N) is 5. The van der Waals surface area contributed by atoms with Crippen LogP contribution in [0.2, 0.25) is 0 Å². The molecule has 1 aliphatic carbocycles. The number of aromatic nitrogens is 3. The number of fused-ring (bicyclic) bond motifs is 1. The van der Waals surface area contributed by atoms with Gasteiger partial charge in [-0.2, -0.15) is 17.0 Å². The number of piperazine rings is 1. The van der Waals surface area contributed by atoms with Gasteiger partial charge >= 0.3 is 0 Å². The van der Waals surface area contributed by atoms with Crippen molar-refractivity contribution in [2.45, 2.75) is 36.3 Å². The van der Waals surface area contributed by atoms with Crippen molar-refractivity contribution in [3.8, 4) is 0 Å². The number of H-pyrrole nitrogens is 1. The number of nitrogens with one attached hydrogen (secondary N) is 2. The molecule has 0 bridgehead atoms. The normalized spacial score (nSPS) is 27.4. The van der Waals surface area contributed by atoms with Crippen molar-refractivity contribution in [1.82, 2.24) is 28.9 Å². The molecule has 2 aromatic heterocycles. The van der Waals surface area contributed by atoms with Crippen LogP contribution < -0.4 is 10.2 Å². The SMILES string of the molecule is CN(C[C@]1(C=O)CC(F)(F)CN1)S(=O)(=O)N1CCN(c2ncnc3[nH]ccc23)CC12CC2. The van der Waals surface area contributed by atoms with Gasteiger partial charge in [-0.1, -0.05) is 0 Å². The molecule has 3 fully saturated rings. The van der Waals surface area contributed by atoms with Crippen molar-refractivity contribution in [2.24, 2.45) is 0 Å². The average molecular weight is 470 g/mol. The van der Waals surface area contributed by atoms with E-state index in [1.54, 1.807) is 6.20 Å². The summed E-state index contributed by atoms with van der Waals surface area (Å²) in [7, 11) is -2.62. The van der Waals surface area contributed by atoms with E-state index in [0.717, 1.165) is 21.2 Å². The number of rotatable bonds is 6. The smallest absolute Gasteiger partial charge is 0.282 e. The molecule has 0 radical (unpaired) electrons. The summed E-state index contributed by atoms with van der Waals surface area (Å²) in [6.07, 6.45) is 4.35. The maximum absolute atomic E-state index is 13.7. The second-order valence-corrected chi connectivity index (χ2v) is 11.0. The molecule has 5 rings (SSSR count). The number of anilines is 1. The van der Waals surface area contributed by atoms with E-state index in [4.69, 9.17) is 0 Å². The molecule has 0 amide bonds. The minimum Gasteiger partial charge on any atom is -0.353 e. The zero-order valence-electron chi connectivity index (χ0n) is 17.6. The Bertz CT molecular complexity index is 1150. The summed E-state index contributed by atoms with van der Waals surface area (Å²) < 4.78 is 56.8. The van der Waals surface area contributed by atoms with Crippen molar-refractivity contribution in [3.63, 3.8) is 0 Å². The zero-order chi connectivity index (χ0) is 22.8. The van der Waals surface area contributed by atoms with Gasteiger partial charge in [0.25, 0.3) is 16.1 Å². The minimum absolute atomic E-state index is 0.236. The quantitative estimate of drug-likeness (QED) is 0.587. The number of aldehydes is 1. The molecular formula is C19H25F2N7O3S. The van der Waals surface area contributed by atoms with Crippen molar-refractivity contribution in [2.75, 3.05) is 44.7 Å². The molecule has 13 heteroatoms. The lowest BCUT2D eigenvalue weighted by Gasteiger charge is -2.43. The number of aromatic amines is 1. The first kappa shape index (κ1) is 21.6. The predicted octanol–water partition coefficient (Wildman–Crippen LogP) is 0.355. The fourth-order valence-electron chi connectivity index (χ4n) is 4.94. The fraction of sp³-hybridized carbons (Fsp3) is 0.632. The van der Waals surface area contributed by atoms with Crippen LogP contribution in [0.15, 0.2) is 18.6 Å².